The van der Waals surface area contributed by atoms with Gasteiger partial charge in [0, 0.05) is 6.61 Å². The Morgan fingerprint density at radius 1 is 0.204 bits per heavy atom. The minimum Gasteiger partial charge on any atom is -0.394 e. The van der Waals surface area contributed by atoms with Gasteiger partial charge in [0.05, 0.1) is 159 Å². The summed E-state index contributed by atoms with van der Waals surface area (Å²) in [4.78, 5) is 0. The van der Waals surface area contributed by atoms with Gasteiger partial charge >= 0.3 is 0 Å². The molecule has 0 saturated heterocycles. The van der Waals surface area contributed by atoms with Crippen molar-refractivity contribution in [2.45, 2.75) is 103 Å². The molecule has 0 bridgehead atoms. The fourth-order valence-corrected chi connectivity index (χ4v) is 5.16. The maximum Gasteiger partial charge on any atom is 0.0701 e. The van der Waals surface area contributed by atoms with Crippen molar-refractivity contribution in [1.29, 1.82) is 0 Å². The molecule has 0 unspecified atom stereocenters. The predicted octanol–water partition coefficient (Wildman–Crippen LogP) is 6.05. The summed E-state index contributed by atoms with van der Waals surface area (Å²) >= 11 is 0. The Kier molecular flexibility index (Phi) is 52.0. The Morgan fingerprint density at radius 3 is 0.574 bits per heavy atom. The zero-order valence-corrected chi connectivity index (χ0v) is 34.6. The first kappa shape index (κ1) is 53.5. The number of aliphatic hydroxyl groups is 1. The molecule has 0 aliphatic heterocycles. The molecule has 0 atom stereocenters. The monoisotopic (exact) mass is 785 g/mol. The van der Waals surface area contributed by atoms with Gasteiger partial charge in [-0.3, -0.25) is 0 Å². The molecule has 13 nitrogen and oxygen atoms in total. The van der Waals surface area contributed by atoms with E-state index in [0.29, 0.717) is 152 Å². The van der Waals surface area contributed by atoms with Crippen LogP contribution in [0.2, 0.25) is 0 Å². The molecule has 0 aliphatic rings. The number of hydrogen-bond acceptors (Lipinski definition) is 13. The van der Waals surface area contributed by atoms with Crippen LogP contribution in [0.4, 0.5) is 0 Å². The first-order valence-electron chi connectivity index (χ1n) is 21.5. The molecule has 0 heterocycles. The summed E-state index contributed by atoms with van der Waals surface area (Å²) in [6.45, 7) is 15.1. The Hall–Kier alpha value is -0.520. The smallest absolute Gasteiger partial charge is 0.0701 e. The van der Waals surface area contributed by atoms with Crippen molar-refractivity contribution in [2.75, 3.05) is 165 Å². The Balaban J connectivity index is 3.05. The molecule has 0 amide bonds. The van der Waals surface area contributed by atoms with Crippen molar-refractivity contribution in [3.05, 3.63) is 0 Å². The van der Waals surface area contributed by atoms with Crippen LogP contribution in [-0.2, 0) is 56.8 Å². The summed E-state index contributed by atoms with van der Waals surface area (Å²) in [6, 6.07) is 0. The van der Waals surface area contributed by atoms with Crippen LogP contribution < -0.4 is 0 Å². The molecule has 0 aromatic carbocycles. The average molecular weight is 785 g/mol. The largest absolute Gasteiger partial charge is 0.394 e. The van der Waals surface area contributed by atoms with Crippen molar-refractivity contribution in [1.82, 2.24) is 0 Å². The highest BCUT2D eigenvalue weighted by atomic mass is 16.6. The van der Waals surface area contributed by atoms with Crippen LogP contribution in [0.5, 0.6) is 0 Å². The van der Waals surface area contributed by atoms with Crippen LogP contribution >= 0.6 is 0 Å². The van der Waals surface area contributed by atoms with Gasteiger partial charge in [0.25, 0.3) is 0 Å². The molecular formula is C41H84O13. The number of hydrogen-bond donors (Lipinski definition) is 1. The lowest BCUT2D eigenvalue weighted by molar-refractivity contribution is -0.0286. The lowest BCUT2D eigenvalue weighted by Gasteiger charge is -2.09. The van der Waals surface area contributed by atoms with Gasteiger partial charge in [-0.1, -0.05) is 96.8 Å². The molecule has 326 valence electrons. The fourth-order valence-electron chi connectivity index (χ4n) is 5.16. The van der Waals surface area contributed by atoms with Crippen molar-refractivity contribution in [2.24, 2.45) is 0 Å². The first-order chi connectivity index (χ1) is 26.9. The number of unbranched alkanes of at least 4 members (excludes halogenated alkanes) is 14. The predicted molar refractivity (Wildman–Crippen MR) is 212 cm³/mol. The van der Waals surface area contributed by atoms with Crippen LogP contribution in [0.3, 0.4) is 0 Å². The second kappa shape index (κ2) is 52.5. The number of rotatable bonds is 51. The third-order valence-electron chi connectivity index (χ3n) is 8.22. The lowest BCUT2D eigenvalue weighted by atomic mass is 10.0. The van der Waals surface area contributed by atoms with Gasteiger partial charge in [0.15, 0.2) is 0 Å². The van der Waals surface area contributed by atoms with Gasteiger partial charge in [-0.05, 0) is 6.42 Å². The Labute approximate surface area is 329 Å². The van der Waals surface area contributed by atoms with Gasteiger partial charge in [-0.15, -0.1) is 0 Å². The molecule has 0 aliphatic carbocycles. The van der Waals surface area contributed by atoms with E-state index in [4.69, 9.17) is 61.9 Å². The minimum absolute atomic E-state index is 0.0270. The highest BCUT2D eigenvalue weighted by Crippen LogP contribution is 2.13. The summed E-state index contributed by atoms with van der Waals surface area (Å²) in [6.07, 6.45) is 20.7. The fraction of sp³-hybridized carbons (Fsp3) is 1.00. The summed E-state index contributed by atoms with van der Waals surface area (Å²) in [5.74, 6) is 0. The second-order valence-corrected chi connectivity index (χ2v) is 13.0. The molecule has 0 spiro atoms. The second-order valence-electron chi connectivity index (χ2n) is 13.0. The maximum atomic E-state index is 8.59. The minimum atomic E-state index is 0.0270. The van der Waals surface area contributed by atoms with Crippen LogP contribution in [0.1, 0.15) is 103 Å². The molecule has 0 fully saturated rings. The van der Waals surface area contributed by atoms with Gasteiger partial charge in [-0.25, -0.2) is 0 Å². The van der Waals surface area contributed by atoms with E-state index in [0.717, 1.165) is 13.0 Å². The molecule has 1 N–H and O–H groups in total. The molecule has 0 aromatic rings. The number of aliphatic hydroxyl groups excluding tert-OH is 1. The molecule has 0 radical (unpaired) electrons. The van der Waals surface area contributed by atoms with Crippen LogP contribution in [0.25, 0.3) is 0 Å². The summed E-state index contributed by atoms with van der Waals surface area (Å²) in [5.41, 5.74) is 0. The van der Waals surface area contributed by atoms with Gasteiger partial charge < -0.3 is 61.9 Å². The van der Waals surface area contributed by atoms with Gasteiger partial charge in [0.2, 0.25) is 0 Å². The first-order valence-corrected chi connectivity index (χ1v) is 21.5. The highest BCUT2D eigenvalue weighted by Gasteiger charge is 1.98. The Bertz CT molecular complexity index is 584. The van der Waals surface area contributed by atoms with E-state index in [2.05, 4.69) is 6.92 Å². The SMILES string of the molecule is CCCCCCCCCCCCCCCCCOCCOCCOCCOCCOCCOCCOCCOCCOCCOCCOCCOCCO. The van der Waals surface area contributed by atoms with Crippen molar-refractivity contribution in [3.8, 4) is 0 Å². The number of ether oxygens (including phenoxy) is 12. The van der Waals surface area contributed by atoms with Crippen LogP contribution in [-0.4, -0.2) is 170 Å². The summed E-state index contributed by atoms with van der Waals surface area (Å²) in [7, 11) is 0. The molecule has 0 rings (SSSR count). The normalized spacial score (nSPS) is 11.7. The van der Waals surface area contributed by atoms with E-state index in [1.54, 1.807) is 0 Å². The van der Waals surface area contributed by atoms with E-state index in [1.165, 1.54) is 89.9 Å². The van der Waals surface area contributed by atoms with Gasteiger partial charge in [0.1, 0.15) is 0 Å². The van der Waals surface area contributed by atoms with Crippen molar-refractivity contribution in [3.63, 3.8) is 0 Å². The highest BCUT2D eigenvalue weighted by molar-refractivity contribution is 4.50. The zero-order valence-electron chi connectivity index (χ0n) is 34.6. The molecule has 13 heteroatoms. The standard InChI is InChI=1S/C41H84O13/c1-2-3-4-5-6-7-8-9-10-11-12-13-14-15-16-18-43-20-22-45-24-26-47-28-30-49-32-34-51-36-38-53-40-41-54-39-37-52-35-33-50-31-29-48-27-25-46-23-21-44-19-17-42/h42H,2-41H2,1H3. The van der Waals surface area contributed by atoms with E-state index in [9.17, 15) is 0 Å². The van der Waals surface area contributed by atoms with Crippen molar-refractivity contribution < 1.29 is 61.9 Å². The summed E-state index contributed by atoms with van der Waals surface area (Å²) < 4.78 is 65.6. The van der Waals surface area contributed by atoms with Crippen LogP contribution in [0, 0.1) is 0 Å². The average Bonchev–Trinajstić information content (AvgIpc) is 3.18. The third kappa shape index (κ3) is 51.5. The zero-order chi connectivity index (χ0) is 38.8. The van der Waals surface area contributed by atoms with E-state index >= 15 is 0 Å². The Morgan fingerprint density at radius 2 is 0.370 bits per heavy atom. The third-order valence-corrected chi connectivity index (χ3v) is 8.22. The van der Waals surface area contributed by atoms with E-state index in [-0.39, 0.29) is 6.61 Å². The summed E-state index contributed by atoms with van der Waals surface area (Å²) in [5, 5.41) is 8.59. The van der Waals surface area contributed by atoms with E-state index in [1.807, 2.05) is 0 Å². The molecular weight excluding hydrogens is 700 g/mol. The lowest BCUT2D eigenvalue weighted by Crippen LogP contribution is -2.15. The topological polar surface area (TPSA) is 131 Å². The maximum absolute atomic E-state index is 8.59. The molecule has 0 aromatic heterocycles. The quantitative estimate of drug-likeness (QED) is 0.0720. The van der Waals surface area contributed by atoms with Crippen LogP contribution in [0.15, 0.2) is 0 Å². The van der Waals surface area contributed by atoms with Crippen molar-refractivity contribution >= 4 is 0 Å². The molecule has 0 saturated carbocycles. The molecule has 54 heavy (non-hydrogen) atoms. The van der Waals surface area contributed by atoms with E-state index < -0.39 is 0 Å². The van der Waals surface area contributed by atoms with Gasteiger partial charge in [-0.2, -0.15) is 0 Å².